The minimum Gasteiger partial charge on any atom is -0.465 e. The van der Waals surface area contributed by atoms with Crippen LogP contribution in [0.25, 0.3) is 0 Å². The SMILES string of the molecule is CC(C(=O)Nn1cccc1)N(C(=O)O)C(C)(C)C. The molecule has 2 amide bonds. The zero-order valence-corrected chi connectivity index (χ0v) is 11.0. The molecule has 1 atom stereocenters. The second kappa shape index (κ2) is 5.12. The molecule has 18 heavy (non-hydrogen) atoms. The molecule has 6 nitrogen and oxygen atoms in total. The summed E-state index contributed by atoms with van der Waals surface area (Å²) in [5.41, 5.74) is 1.96. The van der Waals surface area contributed by atoms with Gasteiger partial charge in [-0.1, -0.05) is 0 Å². The first-order valence-electron chi connectivity index (χ1n) is 5.69. The fraction of sp³-hybridized carbons (Fsp3) is 0.500. The number of carbonyl (C=O) groups is 2. The zero-order valence-electron chi connectivity index (χ0n) is 11.0. The van der Waals surface area contributed by atoms with E-state index in [9.17, 15) is 14.7 Å². The normalized spacial score (nSPS) is 12.9. The third-order valence-corrected chi connectivity index (χ3v) is 2.54. The van der Waals surface area contributed by atoms with Crippen LogP contribution in [0.5, 0.6) is 0 Å². The molecule has 1 rings (SSSR count). The molecule has 1 heterocycles. The summed E-state index contributed by atoms with van der Waals surface area (Å²) in [6.07, 6.45) is 2.23. The van der Waals surface area contributed by atoms with E-state index in [0.717, 1.165) is 4.90 Å². The van der Waals surface area contributed by atoms with Crippen LogP contribution in [-0.4, -0.2) is 38.3 Å². The lowest BCUT2D eigenvalue weighted by atomic mass is 10.0. The number of aromatic nitrogens is 1. The topological polar surface area (TPSA) is 74.6 Å². The Hall–Kier alpha value is -1.98. The summed E-state index contributed by atoms with van der Waals surface area (Å²) >= 11 is 0. The molecule has 0 aliphatic carbocycles. The monoisotopic (exact) mass is 253 g/mol. The van der Waals surface area contributed by atoms with Crippen LogP contribution in [0.2, 0.25) is 0 Å². The van der Waals surface area contributed by atoms with Crippen LogP contribution < -0.4 is 5.43 Å². The Kier molecular flexibility index (Phi) is 4.00. The molecule has 1 unspecified atom stereocenters. The van der Waals surface area contributed by atoms with E-state index in [1.54, 1.807) is 52.2 Å². The summed E-state index contributed by atoms with van der Waals surface area (Å²) in [4.78, 5) is 24.3. The van der Waals surface area contributed by atoms with E-state index >= 15 is 0 Å². The molecule has 0 saturated heterocycles. The Balaban J connectivity index is 2.80. The molecule has 1 aromatic rings. The average molecular weight is 253 g/mol. The van der Waals surface area contributed by atoms with Crippen LogP contribution in [0.15, 0.2) is 24.5 Å². The van der Waals surface area contributed by atoms with Crippen molar-refractivity contribution in [3.05, 3.63) is 24.5 Å². The third kappa shape index (κ3) is 3.26. The lowest BCUT2D eigenvalue weighted by molar-refractivity contribution is -0.122. The van der Waals surface area contributed by atoms with Gasteiger partial charge in [-0.25, -0.2) is 4.79 Å². The highest BCUT2D eigenvalue weighted by Gasteiger charge is 2.34. The molecule has 6 heteroatoms. The largest absolute Gasteiger partial charge is 0.465 e. The first-order valence-corrected chi connectivity index (χ1v) is 5.69. The van der Waals surface area contributed by atoms with Crippen LogP contribution >= 0.6 is 0 Å². The molecule has 0 radical (unpaired) electrons. The van der Waals surface area contributed by atoms with Gasteiger partial charge in [-0.05, 0) is 39.8 Å². The van der Waals surface area contributed by atoms with Crippen molar-refractivity contribution in [1.82, 2.24) is 9.58 Å². The van der Waals surface area contributed by atoms with Crippen molar-refractivity contribution >= 4 is 12.0 Å². The molecule has 100 valence electrons. The third-order valence-electron chi connectivity index (χ3n) is 2.54. The molecule has 0 aromatic carbocycles. The number of hydrogen-bond acceptors (Lipinski definition) is 2. The highest BCUT2D eigenvalue weighted by molar-refractivity contribution is 5.91. The van der Waals surface area contributed by atoms with Crippen molar-refractivity contribution in [3.8, 4) is 0 Å². The summed E-state index contributed by atoms with van der Waals surface area (Å²) in [6.45, 7) is 6.82. The predicted molar refractivity (Wildman–Crippen MR) is 67.9 cm³/mol. The number of nitrogens with zero attached hydrogens (tertiary/aromatic N) is 2. The first-order chi connectivity index (χ1) is 8.23. The van der Waals surface area contributed by atoms with Gasteiger partial charge in [0.2, 0.25) is 0 Å². The standard InChI is InChI=1S/C12H19N3O3/c1-9(15(11(17)18)12(2,3)4)10(16)13-14-7-5-6-8-14/h5-9H,1-4H3,(H,13,16)(H,17,18). The van der Waals surface area contributed by atoms with E-state index in [1.165, 1.54) is 4.68 Å². The molecule has 0 aliphatic rings. The van der Waals surface area contributed by atoms with Crippen molar-refractivity contribution in [2.24, 2.45) is 0 Å². The molecule has 0 aliphatic heterocycles. The smallest absolute Gasteiger partial charge is 0.408 e. The molecule has 2 N–H and O–H groups in total. The number of nitrogens with one attached hydrogen (secondary N) is 1. The maximum absolute atomic E-state index is 12.0. The van der Waals surface area contributed by atoms with Crippen molar-refractivity contribution in [3.63, 3.8) is 0 Å². The molecule has 0 spiro atoms. The van der Waals surface area contributed by atoms with Gasteiger partial charge in [0.05, 0.1) is 0 Å². The minimum atomic E-state index is -1.11. The number of carbonyl (C=O) groups excluding carboxylic acids is 1. The Bertz CT molecular complexity index is 420. The van der Waals surface area contributed by atoms with Gasteiger partial charge in [0.1, 0.15) is 6.04 Å². The van der Waals surface area contributed by atoms with E-state index in [2.05, 4.69) is 5.43 Å². The van der Waals surface area contributed by atoms with Gasteiger partial charge in [0.25, 0.3) is 5.91 Å². The molecular weight excluding hydrogens is 234 g/mol. The molecule has 0 fully saturated rings. The van der Waals surface area contributed by atoms with E-state index in [0.29, 0.717) is 0 Å². The Labute approximate surface area is 106 Å². The lowest BCUT2D eigenvalue weighted by Crippen LogP contribution is -2.54. The molecule has 1 aromatic heterocycles. The number of amides is 2. The van der Waals surface area contributed by atoms with E-state index in [1.807, 2.05) is 0 Å². The average Bonchev–Trinajstić information content (AvgIpc) is 2.67. The van der Waals surface area contributed by atoms with Gasteiger partial charge in [-0.3, -0.25) is 19.8 Å². The summed E-state index contributed by atoms with van der Waals surface area (Å²) < 4.78 is 1.49. The zero-order chi connectivity index (χ0) is 13.9. The van der Waals surface area contributed by atoms with Gasteiger partial charge in [-0.2, -0.15) is 0 Å². The number of hydrogen-bond donors (Lipinski definition) is 2. The van der Waals surface area contributed by atoms with Crippen LogP contribution in [0.3, 0.4) is 0 Å². The fourth-order valence-electron chi connectivity index (χ4n) is 1.78. The van der Waals surface area contributed by atoms with Gasteiger partial charge in [0.15, 0.2) is 0 Å². The van der Waals surface area contributed by atoms with Crippen molar-refractivity contribution in [2.75, 3.05) is 5.43 Å². The molecular formula is C12H19N3O3. The van der Waals surface area contributed by atoms with Gasteiger partial charge >= 0.3 is 6.09 Å². The highest BCUT2D eigenvalue weighted by atomic mass is 16.4. The van der Waals surface area contributed by atoms with Crippen molar-refractivity contribution in [1.29, 1.82) is 0 Å². The second-order valence-corrected chi connectivity index (χ2v) is 5.07. The van der Waals surface area contributed by atoms with Gasteiger partial charge in [0, 0.05) is 17.9 Å². The maximum atomic E-state index is 12.0. The highest BCUT2D eigenvalue weighted by Crippen LogP contribution is 2.17. The Morgan fingerprint density at radius 2 is 1.78 bits per heavy atom. The van der Waals surface area contributed by atoms with Gasteiger partial charge in [-0.15, -0.1) is 0 Å². The maximum Gasteiger partial charge on any atom is 0.408 e. The van der Waals surface area contributed by atoms with Crippen molar-refractivity contribution < 1.29 is 14.7 Å². The van der Waals surface area contributed by atoms with Gasteiger partial charge < -0.3 is 5.11 Å². The Morgan fingerprint density at radius 1 is 1.28 bits per heavy atom. The lowest BCUT2D eigenvalue weighted by Gasteiger charge is -2.37. The van der Waals surface area contributed by atoms with Crippen LogP contribution in [-0.2, 0) is 4.79 Å². The summed E-state index contributed by atoms with van der Waals surface area (Å²) in [5.74, 6) is -0.372. The van der Waals surface area contributed by atoms with E-state index in [4.69, 9.17) is 0 Å². The van der Waals surface area contributed by atoms with Crippen LogP contribution in [0.4, 0.5) is 4.79 Å². The predicted octanol–water partition coefficient (Wildman–Crippen LogP) is 1.73. The summed E-state index contributed by atoms with van der Waals surface area (Å²) in [5, 5.41) is 9.19. The van der Waals surface area contributed by atoms with E-state index < -0.39 is 17.7 Å². The Morgan fingerprint density at radius 3 is 2.17 bits per heavy atom. The number of rotatable bonds is 3. The minimum absolute atomic E-state index is 0.372. The summed E-state index contributed by atoms with van der Waals surface area (Å²) in [6, 6.07) is 2.76. The summed E-state index contributed by atoms with van der Waals surface area (Å²) in [7, 11) is 0. The quantitative estimate of drug-likeness (QED) is 0.861. The van der Waals surface area contributed by atoms with E-state index in [-0.39, 0.29) is 5.91 Å². The van der Waals surface area contributed by atoms with Crippen LogP contribution in [0, 0.1) is 0 Å². The molecule has 0 bridgehead atoms. The first kappa shape index (κ1) is 14.1. The van der Waals surface area contributed by atoms with Crippen LogP contribution in [0.1, 0.15) is 27.7 Å². The van der Waals surface area contributed by atoms with Crippen molar-refractivity contribution in [2.45, 2.75) is 39.3 Å². The second-order valence-electron chi connectivity index (χ2n) is 5.07. The molecule has 0 saturated carbocycles. The number of carboxylic acid groups (broad SMARTS) is 1. The fourth-order valence-corrected chi connectivity index (χ4v) is 1.78.